The topological polar surface area (TPSA) is 29.3 Å². The van der Waals surface area contributed by atoms with Crippen LogP contribution in [0.2, 0.25) is 0 Å². The summed E-state index contributed by atoms with van der Waals surface area (Å²) in [6.45, 7) is 2.26. The summed E-state index contributed by atoms with van der Waals surface area (Å²) < 4.78 is 0. The van der Waals surface area contributed by atoms with E-state index in [9.17, 15) is 0 Å². The average Bonchev–Trinajstić information content (AvgIpc) is 2.82. The molecule has 0 radical (unpaired) electrons. The first kappa shape index (κ1) is 9.37. The van der Waals surface area contributed by atoms with Crippen LogP contribution in [-0.4, -0.2) is 17.0 Å². The standard InChI is InChI=1S/C13H18N2/c14-12-5-6-13(7-12)15-8-10-3-1-2-4-11(10)9-15/h1-4,12-13H,5-9,14H2. The lowest BCUT2D eigenvalue weighted by Gasteiger charge is -2.22. The zero-order valence-corrected chi connectivity index (χ0v) is 9.02. The molecule has 1 heterocycles. The zero-order chi connectivity index (χ0) is 10.3. The first-order chi connectivity index (χ1) is 7.33. The second-order valence-electron chi connectivity index (χ2n) is 4.90. The highest BCUT2D eigenvalue weighted by atomic mass is 15.2. The molecule has 15 heavy (non-hydrogen) atoms. The van der Waals surface area contributed by atoms with Gasteiger partial charge in [-0.1, -0.05) is 24.3 Å². The molecule has 80 valence electrons. The van der Waals surface area contributed by atoms with Crippen LogP contribution in [-0.2, 0) is 13.1 Å². The van der Waals surface area contributed by atoms with Gasteiger partial charge in [0.25, 0.3) is 0 Å². The van der Waals surface area contributed by atoms with Gasteiger partial charge in [-0.15, -0.1) is 0 Å². The maximum absolute atomic E-state index is 5.97. The molecule has 0 saturated heterocycles. The number of rotatable bonds is 1. The Balaban J connectivity index is 1.73. The lowest BCUT2D eigenvalue weighted by atomic mass is 10.1. The Labute approximate surface area is 91.1 Å². The van der Waals surface area contributed by atoms with Crippen LogP contribution < -0.4 is 5.73 Å². The molecule has 2 heteroatoms. The van der Waals surface area contributed by atoms with Crippen LogP contribution in [0.5, 0.6) is 0 Å². The largest absolute Gasteiger partial charge is 0.328 e. The fourth-order valence-electron chi connectivity index (χ4n) is 2.94. The van der Waals surface area contributed by atoms with Gasteiger partial charge >= 0.3 is 0 Å². The van der Waals surface area contributed by atoms with Gasteiger partial charge in [-0.3, -0.25) is 4.90 Å². The highest BCUT2D eigenvalue weighted by molar-refractivity contribution is 5.30. The molecule has 1 fully saturated rings. The Morgan fingerprint density at radius 3 is 2.27 bits per heavy atom. The van der Waals surface area contributed by atoms with Crippen molar-refractivity contribution >= 4 is 0 Å². The van der Waals surface area contributed by atoms with E-state index in [1.165, 1.54) is 30.4 Å². The fourth-order valence-corrected chi connectivity index (χ4v) is 2.94. The van der Waals surface area contributed by atoms with Crippen LogP contribution in [0.25, 0.3) is 0 Å². The molecule has 2 atom stereocenters. The van der Waals surface area contributed by atoms with Crippen molar-refractivity contribution in [2.24, 2.45) is 5.73 Å². The lowest BCUT2D eigenvalue weighted by molar-refractivity contribution is 0.200. The highest BCUT2D eigenvalue weighted by Crippen LogP contribution is 2.30. The Morgan fingerprint density at radius 2 is 1.73 bits per heavy atom. The summed E-state index contributed by atoms with van der Waals surface area (Å²) in [5, 5.41) is 0. The van der Waals surface area contributed by atoms with Gasteiger partial charge in [0.2, 0.25) is 0 Å². The van der Waals surface area contributed by atoms with E-state index in [1.54, 1.807) is 0 Å². The number of benzene rings is 1. The quantitative estimate of drug-likeness (QED) is 0.753. The first-order valence-corrected chi connectivity index (χ1v) is 5.89. The molecular weight excluding hydrogens is 184 g/mol. The molecule has 1 aliphatic carbocycles. The van der Waals surface area contributed by atoms with Gasteiger partial charge in [-0.2, -0.15) is 0 Å². The van der Waals surface area contributed by atoms with Gasteiger partial charge in [0, 0.05) is 25.2 Å². The monoisotopic (exact) mass is 202 g/mol. The molecular formula is C13H18N2. The fraction of sp³-hybridized carbons (Fsp3) is 0.538. The smallest absolute Gasteiger partial charge is 0.0243 e. The summed E-state index contributed by atoms with van der Waals surface area (Å²) in [6, 6.07) is 9.96. The molecule has 2 unspecified atom stereocenters. The normalized spacial score (nSPS) is 30.7. The highest BCUT2D eigenvalue weighted by Gasteiger charge is 2.30. The molecule has 1 saturated carbocycles. The minimum Gasteiger partial charge on any atom is -0.328 e. The van der Waals surface area contributed by atoms with Crippen molar-refractivity contribution in [3.8, 4) is 0 Å². The van der Waals surface area contributed by atoms with Crippen molar-refractivity contribution in [2.45, 2.75) is 44.4 Å². The Kier molecular flexibility index (Phi) is 2.26. The van der Waals surface area contributed by atoms with Crippen molar-refractivity contribution in [1.29, 1.82) is 0 Å². The lowest BCUT2D eigenvalue weighted by Crippen LogP contribution is -2.29. The van der Waals surface area contributed by atoms with E-state index < -0.39 is 0 Å². The summed E-state index contributed by atoms with van der Waals surface area (Å²) in [5.74, 6) is 0. The van der Waals surface area contributed by atoms with E-state index in [0.29, 0.717) is 6.04 Å². The average molecular weight is 202 g/mol. The van der Waals surface area contributed by atoms with Crippen molar-refractivity contribution in [3.05, 3.63) is 35.4 Å². The van der Waals surface area contributed by atoms with Crippen LogP contribution in [0, 0.1) is 0 Å². The van der Waals surface area contributed by atoms with Crippen molar-refractivity contribution in [1.82, 2.24) is 4.90 Å². The number of hydrogen-bond donors (Lipinski definition) is 1. The molecule has 1 aromatic rings. The van der Waals surface area contributed by atoms with Crippen molar-refractivity contribution in [2.75, 3.05) is 0 Å². The van der Waals surface area contributed by atoms with E-state index in [1.807, 2.05) is 0 Å². The summed E-state index contributed by atoms with van der Waals surface area (Å²) >= 11 is 0. The third kappa shape index (κ3) is 1.68. The number of nitrogens with zero attached hydrogens (tertiary/aromatic N) is 1. The zero-order valence-electron chi connectivity index (χ0n) is 9.02. The Bertz CT molecular complexity index is 336. The Morgan fingerprint density at radius 1 is 1.07 bits per heavy atom. The summed E-state index contributed by atoms with van der Waals surface area (Å²) in [7, 11) is 0. The van der Waals surface area contributed by atoms with E-state index in [0.717, 1.165) is 19.1 Å². The summed E-state index contributed by atoms with van der Waals surface area (Å²) in [4.78, 5) is 2.59. The number of fused-ring (bicyclic) bond motifs is 1. The van der Waals surface area contributed by atoms with Crippen LogP contribution in [0.4, 0.5) is 0 Å². The minimum absolute atomic E-state index is 0.443. The predicted octanol–water partition coefficient (Wildman–Crippen LogP) is 1.88. The van der Waals surface area contributed by atoms with Gasteiger partial charge in [0.1, 0.15) is 0 Å². The van der Waals surface area contributed by atoms with Gasteiger partial charge in [0.15, 0.2) is 0 Å². The molecule has 2 nitrogen and oxygen atoms in total. The van der Waals surface area contributed by atoms with E-state index >= 15 is 0 Å². The predicted molar refractivity (Wildman–Crippen MR) is 61.3 cm³/mol. The second-order valence-corrected chi connectivity index (χ2v) is 4.90. The third-order valence-electron chi connectivity index (χ3n) is 3.83. The van der Waals surface area contributed by atoms with E-state index in [2.05, 4.69) is 29.2 Å². The number of nitrogens with two attached hydrogens (primary N) is 1. The molecule has 1 aliphatic heterocycles. The Hall–Kier alpha value is -0.860. The first-order valence-electron chi connectivity index (χ1n) is 5.89. The molecule has 2 aliphatic rings. The molecule has 2 N–H and O–H groups in total. The molecule has 0 bridgehead atoms. The van der Waals surface area contributed by atoms with Gasteiger partial charge < -0.3 is 5.73 Å². The van der Waals surface area contributed by atoms with Crippen LogP contribution >= 0.6 is 0 Å². The van der Waals surface area contributed by atoms with Crippen LogP contribution in [0.15, 0.2) is 24.3 Å². The van der Waals surface area contributed by atoms with E-state index in [4.69, 9.17) is 5.73 Å². The van der Waals surface area contributed by atoms with Crippen molar-refractivity contribution < 1.29 is 0 Å². The maximum atomic E-state index is 5.97. The molecule has 0 spiro atoms. The molecule has 0 amide bonds. The molecule has 0 aromatic heterocycles. The number of hydrogen-bond acceptors (Lipinski definition) is 2. The third-order valence-corrected chi connectivity index (χ3v) is 3.83. The van der Waals surface area contributed by atoms with Crippen LogP contribution in [0.1, 0.15) is 30.4 Å². The second kappa shape index (κ2) is 3.62. The molecule has 3 rings (SSSR count). The SMILES string of the molecule is NC1CCC(N2Cc3ccccc3C2)C1. The van der Waals surface area contributed by atoms with Gasteiger partial charge in [0.05, 0.1) is 0 Å². The van der Waals surface area contributed by atoms with E-state index in [-0.39, 0.29) is 0 Å². The maximum Gasteiger partial charge on any atom is 0.0243 e. The molecule has 1 aromatic carbocycles. The van der Waals surface area contributed by atoms with Gasteiger partial charge in [-0.05, 0) is 30.4 Å². The van der Waals surface area contributed by atoms with Crippen molar-refractivity contribution in [3.63, 3.8) is 0 Å². The summed E-state index contributed by atoms with van der Waals surface area (Å²) in [5.41, 5.74) is 9.00. The minimum atomic E-state index is 0.443. The van der Waals surface area contributed by atoms with Gasteiger partial charge in [-0.25, -0.2) is 0 Å². The summed E-state index contributed by atoms with van der Waals surface area (Å²) in [6.07, 6.45) is 3.68. The van der Waals surface area contributed by atoms with Crippen LogP contribution in [0.3, 0.4) is 0 Å².